The van der Waals surface area contributed by atoms with E-state index in [4.69, 9.17) is 4.74 Å². The summed E-state index contributed by atoms with van der Waals surface area (Å²) in [7, 11) is 0. The van der Waals surface area contributed by atoms with E-state index in [1.165, 1.54) is 13.8 Å². The second kappa shape index (κ2) is 8.32. The van der Waals surface area contributed by atoms with Gasteiger partial charge in [0.15, 0.2) is 11.9 Å². The van der Waals surface area contributed by atoms with E-state index >= 15 is 0 Å². The Hall–Kier alpha value is -2.17. The van der Waals surface area contributed by atoms with Crippen molar-refractivity contribution in [2.24, 2.45) is 5.92 Å². The minimum atomic E-state index is -0.854. The third-order valence-corrected chi connectivity index (χ3v) is 3.16. The van der Waals surface area contributed by atoms with Gasteiger partial charge in [0.1, 0.15) is 0 Å². The molecule has 1 amide bonds. The highest BCUT2D eigenvalue weighted by atomic mass is 16.5. The Bertz CT molecular complexity index is 534. The van der Waals surface area contributed by atoms with E-state index in [0.717, 1.165) is 6.42 Å². The number of rotatable bonds is 7. The molecule has 0 heterocycles. The molecule has 1 aromatic carbocycles. The normalized spacial score (nSPS) is 11.9. The summed E-state index contributed by atoms with van der Waals surface area (Å²) in [4.78, 5) is 34.7. The number of hydrogen-bond donors (Lipinski definition) is 1. The van der Waals surface area contributed by atoms with E-state index in [1.807, 2.05) is 13.8 Å². The van der Waals surface area contributed by atoms with Crippen molar-refractivity contribution in [1.29, 1.82) is 0 Å². The summed E-state index contributed by atoms with van der Waals surface area (Å²) < 4.78 is 5.09. The van der Waals surface area contributed by atoms with Gasteiger partial charge in [0.2, 0.25) is 0 Å². The Morgan fingerprint density at radius 1 is 1.09 bits per heavy atom. The van der Waals surface area contributed by atoms with Gasteiger partial charge >= 0.3 is 5.97 Å². The lowest BCUT2D eigenvalue weighted by Crippen LogP contribution is -2.30. The fraction of sp³-hybridized carbons (Fsp3) is 0.471. The smallest absolute Gasteiger partial charge is 0.306 e. The van der Waals surface area contributed by atoms with Gasteiger partial charge in [0.05, 0.1) is 0 Å². The largest absolute Gasteiger partial charge is 0.453 e. The first-order valence-electron chi connectivity index (χ1n) is 7.41. The molecule has 1 aromatic rings. The van der Waals surface area contributed by atoms with E-state index in [0.29, 0.717) is 23.6 Å². The van der Waals surface area contributed by atoms with Crippen LogP contribution < -0.4 is 5.32 Å². The number of benzene rings is 1. The lowest BCUT2D eigenvalue weighted by atomic mass is 10.1. The van der Waals surface area contributed by atoms with Crippen LogP contribution in [0.4, 0.5) is 5.69 Å². The molecular formula is C17H23NO4. The molecule has 120 valence electrons. The van der Waals surface area contributed by atoms with Gasteiger partial charge in [-0.15, -0.1) is 0 Å². The van der Waals surface area contributed by atoms with Gasteiger partial charge in [0.25, 0.3) is 5.91 Å². The predicted molar refractivity (Wildman–Crippen MR) is 84.7 cm³/mol. The number of carbonyl (C=O) groups excluding carboxylic acids is 3. The van der Waals surface area contributed by atoms with Crippen molar-refractivity contribution in [2.75, 3.05) is 5.32 Å². The van der Waals surface area contributed by atoms with Crippen LogP contribution >= 0.6 is 0 Å². The van der Waals surface area contributed by atoms with Crippen molar-refractivity contribution >= 4 is 23.3 Å². The number of amides is 1. The molecule has 0 spiro atoms. The van der Waals surface area contributed by atoms with Crippen molar-refractivity contribution < 1.29 is 19.1 Å². The van der Waals surface area contributed by atoms with Crippen LogP contribution in [0.1, 0.15) is 50.9 Å². The Morgan fingerprint density at radius 3 is 2.18 bits per heavy atom. The fourth-order valence-corrected chi connectivity index (χ4v) is 1.75. The Labute approximate surface area is 131 Å². The SMILES string of the molecule is CC(=O)c1ccc(NC(=O)[C@H](C)OC(=O)CCC(C)C)cc1. The Balaban J connectivity index is 2.50. The summed E-state index contributed by atoms with van der Waals surface area (Å²) in [5, 5.41) is 2.65. The van der Waals surface area contributed by atoms with Crippen molar-refractivity contribution in [1.82, 2.24) is 0 Å². The standard InChI is InChI=1S/C17H23NO4/c1-11(2)5-10-16(20)22-13(4)17(21)18-15-8-6-14(7-9-15)12(3)19/h6-9,11,13H,5,10H2,1-4H3,(H,18,21)/t13-/m0/s1. The van der Waals surface area contributed by atoms with Crippen LogP contribution in [-0.2, 0) is 14.3 Å². The number of Topliss-reactive ketones (excluding diaryl/α,β-unsaturated/α-hetero) is 1. The third-order valence-electron chi connectivity index (χ3n) is 3.16. The molecule has 0 unspecified atom stereocenters. The van der Waals surface area contributed by atoms with Gasteiger partial charge in [0, 0.05) is 17.7 Å². The minimum Gasteiger partial charge on any atom is -0.453 e. The average molecular weight is 305 g/mol. The number of nitrogens with one attached hydrogen (secondary N) is 1. The summed E-state index contributed by atoms with van der Waals surface area (Å²) in [6.45, 7) is 7.06. The second-order valence-corrected chi connectivity index (χ2v) is 5.69. The maximum atomic E-state index is 11.9. The monoisotopic (exact) mass is 305 g/mol. The molecule has 0 radical (unpaired) electrons. The summed E-state index contributed by atoms with van der Waals surface area (Å²) in [5.74, 6) is -0.390. The molecule has 1 atom stereocenters. The molecule has 0 aliphatic rings. The van der Waals surface area contributed by atoms with E-state index in [2.05, 4.69) is 5.32 Å². The molecule has 0 aliphatic carbocycles. The zero-order valence-electron chi connectivity index (χ0n) is 13.5. The average Bonchev–Trinajstić information content (AvgIpc) is 2.45. The van der Waals surface area contributed by atoms with Crippen LogP contribution in [0.2, 0.25) is 0 Å². The zero-order valence-corrected chi connectivity index (χ0v) is 13.5. The number of carbonyl (C=O) groups is 3. The number of anilines is 1. The van der Waals surface area contributed by atoms with Crippen LogP contribution in [0, 0.1) is 5.92 Å². The topological polar surface area (TPSA) is 72.5 Å². The first-order chi connectivity index (χ1) is 10.3. The molecule has 1 N–H and O–H groups in total. The van der Waals surface area contributed by atoms with Crippen LogP contribution in [0.15, 0.2) is 24.3 Å². The number of hydrogen-bond acceptors (Lipinski definition) is 4. The van der Waals surface area contributed by atoms with Gasteiger partial charge < -0.3 is 10.1 Å². The van der Waals surface area contributed by atoms with Crippen LogP contribution in [0.5, 0.6) is 0 Å². The molecule has 0 fully saturated rings. The quantitative estimate of drug-likeness (QED) is 0.620. The molecule has 1 rings (SSSR count). The van der Waals surface area contributed by atoms with Crippen molar-refractivity contribution in [3.63, 3.8) is 0 Å². The molecule has 5 nitrogen and oxygen atoms in total. The van der Waals surface area contributed by atoms with Gasteiger partial charge in [-0.3, -0.25) is 14.4 Å². The number of ether oxygens (including phenoxy) is 1. The van der Waals surface area contributed by atoms with Crippen LogP contribution in [0.25, 0.3) is 0 Å². The first-order valence-corrected chi connectivity index (χ1v) is 7.41. The second-order valence-electron chi connectivity index (χ2n) is 5.69. The number of ketones is 1. The van der Waals surface area contributed by atoms with Gasteiger partial charge in [-0.05, 0) is 50.5 Å². The zero-order chi connectivity index (χ0) is 16.7. The van der Waals surface area contributed by atoms with E-state index in [-0.39, 0.29) is 11.8 Å². The highest BCUT2D eigenvalue weighted by Crippen LogP contribution is 2.11. The van der Waals surface area contributed by atoms with E-state index in [1.54, 1.807) is 24.3 Å². The molecular weight excluding hydrogens is 282 g/mol. The lowest BCUT2D eigenvalue weighted by molar-refractivity contribution is -0.153. The summed E-state index contributed by atoms with van der Waals surface area (Å²) in [5.41, 5.74) is 1.13. The molecule has 22 heavy (non-hydrogen) atoms. The van der Waals surface area contributed by atoms with Crippen molar-refractivity contribution in [2.45, 2.75) is 46.6 Å². The summed E-state index contributed by atoms with van der Waals surface area (Å²) in [6, 6.07) is 6.55. The van der Waals surface area contributed by atoms with E-state index < -0.39 is 12.0 Å². The molecule has 0 saturated carbocycles. The van der Waals surface area contributed by atoms with Gasteiger partial charge in [-0.2, -0.15) is 0 Å². The highest BCUT2D eigenvalue weighted by Gasteiger charge is 2.18. The number of esters is 1. The molecule has 0 saturated heterocycles. The Morgan fingerprint density at radius 2 is 1.68 bits per heavy atom. The lowest BCUT2D eigenvalue weighted by Gasteiger charge is -2.14. The van der Waals surface area contributed by atoms with Crippen molar-refractivity contribution in [3.05, 3.63) is 29.8 Å². The predicted octanol–water partition coefficient (Wildman–Crippen LogP) is 3.20. The third kappa shape index (κ3) is 6.08. The molecule has 5 heteroatoms. The molecule has 0 bridgehead atoms. The van der Waals surface area contributed by atoms with Crippen LogP contribution in [-0.4, -0.2) is 23.8 Å². The summed E-state index contributed by atoms with van der Waals surface area (Å²) >= 11 is 0. The maximum absolute atomic E-state index is 11.9. The fourth-order valence-electron chi connectivity index (χ4n) is 1.75. The van der Waals surface area contributed by atoms with E-state index in [9.17, 15) is 14.4 Å². The molecule has 0 aromatic heterocycles. The minimum absolute atomic E-state index is 0.0367. The first kappa shape index (κ1) is 17.9. The maximum Gasteiger partial charge on any atom is 0.306 e. The van der Waals surface area contributed by atoms with Gasteiger partial charge in [-0.25, -0.2) is 0 Å². The molecule has 0 aliphatic heterocycles. The summed E-state index contributed by atoms with van der Waals surface area (Å²) in [6.07, 6.45) is 0.189. The highest BCUT2D eigenvalue weighted by molar-refractivity contribution is 5.97. The van der Waals surface area contributed by atoms with Crippen molar-refractivity contribution in [3.8, 4) is 0 Å². The Kier molecular flexibility index (Phi) is 6.76. The van der Waals surface area contributed by atoms with Crippen LogP contribution in [0.3, 0.4) is 0 Å². The van der Waals surface area contributed by atoms with Gasteiger partial charge in [-0.1, -0.05) is 13.8 Å².